The third-order valence-corrected chi connectivity index (χ3v) is 8.66. The van der Waals surface area contributed by atoms with Crippen LogP contribution >= 0.6 is 0 Å². The van der Waals surface area contributed by atoms with Gasteiger partial charge in [0.2, 0.25) is 0 Å². The van der Waals surface area contributed by atoms with Gasteiger partial charge in [0.25, 0.3) is 0 Å². The standard InChI is InChI=1S/C42H32N2/c1-4-12-31(13-5-1)32-20-25-37(26-21-32)43(35-14-6-2-7-15-35)38-27-22-33(23-28-38)34-24-29-42-40(30-34)39-18-10-11-19-41(39)44(42)36-16-8-3-9-17-36/h1-10,12-18,20-30H,11,19H2. The Morgan fingerprint density at radius 2 is 1.00 bits per heavy atom. The first-order valence-corrected chi connectivity index (χ1v) is 15.3. The van der Waals surface area contributed by atoms with Crippen LogP contribution < -0.4 is 4.90 Å². The van der Waals surface area contributed by atoms with Crippen molar-refractivity contribution in [1.29, 1.82) is 0 Å². The predicted molar refractivity (Wildman–Crippen MR) is 186 cm³/mol. The van der Waals surface area contributed by atoms with E-state index in [1.165, 1.54) is 50.1 Å². The van der Waals surface area contributed by atoms with E-state index >= 15 is 0 Å². The van der Waals surface area contributed by atoms with Gasteiger partial charge in [-0.3, -0.25) is 0 Å². The number of fused-ring (bicyclic) bond motifs is 3. The van der Waals surface area contributed by atoms with Gasteiger partial charge in [0.15, 0.2) is 0 Å². The van der Waals surface area contributed by atoms with E-state index in [0.717, 1.165) is 29.9 Å². The highest BCUT2D eigenvalue weighted by Crippen LogP contribution is 2.39. The molecule has 0 atom stereocenters. The highest BCUT2D eigenvalue weighted by atomic mass is 15.1. The Morgan fingerprint density at radius 1 is 0.477 bits per heavy atom. The molecular weight excluding hydrogens is 532 g/mol. The van der Waals surface area contributed by atoms with Gasteiger partial charge in [0, 0.05) is 39.4 Å². The van der Waals surface area contributed by atoms with Crippen molar-refractivity contribution in [3.63, 3.8) is 0 Å². The van der Waals surface area contributed by atoms with E-state index in [9.17, 15) is 0 Å². The number of nitrogens with zero attached hydrogens (tertiary/aromatic N) is 2. The Hall–Kier alpha value is -5.60. The monoisotopic (exact) mass is 564 g/mol. The maximum atomic E-state index is 2.45. The van der Waals surface area contributed by atoms with Crippen LogP contribution in [0, 0.1) is 0 Å². The molecule has 0 N–H and O–H groups in total. The van der Waals surface area contributed by atoms with Crippen LogP contribution in [-0.4, -0.2) is 4.57 Å². The lowest BCUT2D eigenvalue weighted by atomic mass is 9.98. The van der Waals surface area contributed by atoms with Gasteiger partial charge in [0.05, 0.1) is 5.52 Å². The van der Waals surface area contributed by atoms with E-state index in [1.807, 2.05) is 0 Å². The second-order valence-corrected chi connectivity index (χ2v) is 11.3. The largest absolute Gasteiger partial charge is 0.313 e. The van der Waals surface area contributed by atoms with Gasteiger partial charge >= 0.3 is 0 Å². The number of anilines is 3. The van der Waals surface area contributed by atoms with E-state index in [-0.39, 0.29) is 0 Å². The molecule has 2 heteroatoms. The summed E-state index contributed by atoms with van der Waals surface area (Å²) in [5, 5.41) is 1.31. The predicted octanol–water partition coefficient (Wildman–Crippen LogP) is 11.4. The lowest BCUT2D eigenvalue weighted by molar-refractivity contribution is 0.888. The molecule has 0 fully saturated rings. The van der Waals surface area contributed by atoms with Crippen LogP contribution in [0.1, 0.15) is 17.7 Å². The van der Waals surface area contributed by atoms with Crippen LogP contribution in [0.4, 0.5) is 17.1 Å². The summed E-state index contributed by atoms with van der Waals surface area (Å²) >= 11 is 0. The van der Waals surface area contributed by atoms with Crippen LogP contribution in [0.25, 0.3) is 44.9 Å². The van der Waals surface area contributed by atoms with E-state index in [1.54, 1.807) is 0 Å². The topological polar surface area (TPSA) is 8.17 Å². The first kappa shape index (κ1) is 26.1. The average molecular weight is 565 g/mol. The Labute approximate surface area is 258 Å². The number of aromatic nitrogens is 1. The Balaban J connectivity index is 1.17. The second-order valence-electron chi connectivity index (χ2n) is 11.3. The third kappa shape index (κ3) is 4.71. The minimum absolute atomic E-state index is 1.06. The number of rotatable bonds is 6. The average Bonchev–Trinajstić information content (AvgIpc) is 3.44. The number of benzene rings is 6. The molecule has 0 amide bonds. The van der Waals surface area contributed by atoms with Gasteiger partial charge in [-0.1, -0.05) is 109 Å². The van der Waals surface area contributed by atoms with Crippen molar-refractivity contribution in [3.8, 4) is 27.9 Å². The Bertz CT molecular complexity index is 2070. The summed E-state index contributed by atoms with van der Waals surface area (Å²) in [4.78, 5) is 2.32. The van der Waals surface area contributed by atoms with Crippen molar-refractivity contribution in [2.45, 2.75) is 12.8 Å². The highest BCUT2D eigenvalue weighted by molar-refractivity contribution is 5.96. The fourth-order valence-corrected chi connectivity index (χ4v) is 6.53. The van der Waals surface area contributed by atoms with Crippen molar-refractivity contribution in [3.05, 3.63) is 175 Å². The van der Waals surface area contributed by atoms with Gasteiger partial charge in [-0.25, -0.2) is 0 Å². The molecule has 1 aliphatic rings. The zero-order chi connectivity index (χ0) is 29.3. The maximum Gasteiger partial charge on any atom is 0.0538 e. The molecule has 8 rings (SSSR count). The Kier molecular flexibility index (Phi) is 6.66. The molecule has 0 unspecified atom stereocenters. The smallest absolute Gasteiger partial charge is 0.0538 e. The number of hydrogen-bond acceptors (Lipinski definition) is 1. The molecule has 0 spiro atoms. The van der Waals surface area contributed by atoms with Crippen molar-refractivity contribution in [1.82, 2.24) is 4.57 Å². The zero-order valence-corrected chi connectivity index (χ0v) is 24.5. The van der Waals surface area contributed by atoms with E-state index in [0.29, 0.717) is 0 Å². The molecule has 0 saturated heterocycles. The quantitative estimate of drug-likeness (QED) is 0.195. The molecule has 1 heterocycles. The Morgan fingerprint density at radius 3 is 1.66 bits per heavy atom. The minimum atomic E-state index is 1.06. The van der Waals surface area contributed by atoms with Crippen LogP contribution in [0.2, 0.25) is 0 Å². The second kappa shape index (κ2) is 11.2. The summed E-state index contributed by atoms with van der Waals surface area (Å²) in [5.41, 5.74) is 13.5. The number of para-hydroxylation sites is 2. The SMILES string of the molecule is C1=Cc2c(n(-c3ccccc3)c3ccc(-c4ccc(N(c5ccccc5)c5ccc(-c6ccccc6)cc5)cc4)cc23)CC1. The number of hydrogen-bond donors (Lipinski definition) is 0. The molecule has 6 aromatic carbocycles. The maximum absolute atomic E-state index is 2.45. The molecular formula is C42H32N2. The van der Waals surface area contributed by atoms with Crippen molar-refractivity contribution in [2.24, 2.45) is 0 Å². The summed E-state index contributed by atoms with van der Waals surface area (Å²) in [7, 11) is 0. The summed E-state index contributed by atoms with van der Waals surface area (Å²) in [6, 6.07) is 56.6. The fraction of sp³-hybridized carbons (Fsp3) is 0.0476. The minimum Gasteiger partial charge on any atom is -0.313 e. The number of allylic oxidation sites excluding steroid dienone is 1. The molecule has 7 aromatic rings. The molecule has 1 aliphatic carbocycles. The summed E-state index contributed by atoms with van der Waals surface area (Å²) in [6.07, 6.45) is 6.76. The summed E-state index contributed by atoms with van der Waals surface area (Å²) < 4.78 is 2.45. The molecule has 44 heavy (non-hydrogen) atoms. The highest BCUT2D eigenvalue weighted by Gasteiger charge is 2.19. The van der Waals surface area contributed by atoms with Gasteiger partial charge in [-0.2, -0.15) is 0 Å². The summed E-state index contributed by atoms with van der Waals surface area (Å²) in [5.74, 6) is 0. The van der Waals surface area contributed by atoms with Crippen LogP contribution in [0.3, 0.4) is 0 Å². The van der Waals surface area contributed by atoms with Gasteiger partial charge in [0.1, 0.15) is 0 Å². The van der Waals surface area contributed by atoms with Crippen LogP contribution in [0.15, 0.2) is 164 Å². The molecule has 0 aliphatic heterocycles. The molecule has 2 nitrogen and oxygen atoms in total. The zero-order valence-electron chi connectivity index (χ0n) is 24.5. The lowest BCUT2D eigenvalue weighted by Gasteiger charge is -2.26. The molecule has 0 radical (unpaired) electrons. The van der Waals surface area contributed by atoms with E-state index in [2.05, 4.69) is 179 Å². The third-order valence-electron chi connectivity index (χ3n) is 8.66. The van der Waals surface area contributed by atoms with E-state index < -0.39 is 0 Å². The van der Waals surface area contributed by atoms with Crippen molar-refractivity contribution in [2.75, 3.05) is 4.90 Å². The molecule has 1 aromatic heterocycles. The fourth-order valence-electron chi connectivity index (χ4n) is 6.53. The molecule has 0 bridgehead atoms. The summed E-state index contributed by atoms with van der Waals surface area (Å²) in [6.45, 7) is 0. The molecule has 210 valence electrons. The first-order chi connectivity index (χ1) is 21.8. The first-order valence-electron chi connectivity index (χ1n) is 15.3. The molecule has 0 saturated carbocycles. The van der Waals surface area contributed by atoms with Gasteiger partial charge < -0.3 is 9.47 Å². The van der Waals surface area contributed by atoms with Gasteiger partial charge in [-0.05, 0) is 95.8 Å². The van der Waals surface area contributed by atoms with E-state index in [4.69, 9.17) is 0 Å². The van der Waals surface area contributed by atoms with Gasteiger partial charge in [-0.15, -0.1) is 0 Å². The van der Waals surface area contributed by atoms with Crippen molar-refractivity contribution >= 4 is 34.0 Å². The van der Waals surface area contributed by atoms with Crippen LogP contribution in [-0.2, 0) is 6.42 Å². The lowest BCUT2D eigenvalue weighted by Crippen LogP contribution is -2.09. The van der Waals surface area contributed by atoms with Crippen LogP contribution in [0.5, 0.6) is 0 Å². The normalized spacial score (nSPS) is 12.3. The van der Waals surface area contributed by atoms with Crippen molar-refractivity contribution < 1.29 is 0 Å².